The lowest BCUT2D eigenvalue weighted by Crippen LogP contribution is -2.47. The Morgan fingerprint density at radius 3 is 2.65 bits per heavy atom. The number of aromatic nitrogens is 1. The minimum atomic E-state index is -0.143. The number of nitrogens with zero attached hydrogens (tertiary/aromatic N) is 3. The maximum Gasteiger partial charge on any atom is 0.274 e. The van der Waals surface area contributed by atoms with Crippen LogP contribution in [0.4, 0.5) is 5.82 Å². The number of halogens is 1. The van der Waals surface area contributed by atoms with Crippen molar-refractivity contribution in [2.24, 2.45) is 0 Å². The molecule has 1 fully saturated rings. The highest BCUT2D eigenvalue weighted by Crippen LogP contribution is 2.17. The molecule has 1 aliphatic heterocycles. The molecule has 0 saturated carbocycles. The molecule has 0 atom stereocenters. The van der Waals surface area contributed by atoms with Crippen molar-refractivity contribution < 1.29 is 4.79 Å². The Hall–Kier alpha value is -1.33. The number of nitrogens with two attached hydrogens (primary N) is 1. The first kappa shape index (κ1) is 12.1. The number of hydrogen-bond donors (Lipinski definition) is 1. The fraction of sp³-hybridized carbons (Fsp3) is 0.455. The molecule has 1 saturated heterocycles. The fourth-order valence-electron chi connectivity index (χ4n) is 1.77. The first-order valence-electron chi connectivity index (χ1n) is 5.48. The Bertz CT molecular complexity index is 429. The molecule has 2 heterocycles. The number of pyridine rings is 1. The SMILES string of the molecule is CN1CCN(C(=O)c2nc(N)ccc2Cl)CC1. The van der Waals surface area contributed by atoms with Gasteiger partial charge < -0.3 is 15.5 Å². The zero-order valence-electron chi connectivity index (χ0n) is 9.69. The van der Waals surface area contributed by atoms with E-state index >= 15 is 0 Å². The second kappa shape index (κ2) is 4.89. The molecule has 0 bridgehead atoms. The summed E-state index contributed by atoms with van der Waals surface area (Å²) >= 11 is 5.96. The van der Waals surface area contributed by atoms with E-state index in [1.54, 1.807) is 17.0 Å². The zero-order valence-corrected chi connectivity index (χ0v) is 10.4. The second-order valence-corrected chi connectivity index (χ2v) is 4.57. The molecule has 5 nitrogen and oxygen atoms in total. The quantitative estimate of drug-likeness (QED) is 0.802. The number of carbonyl (C=O) groups excluding carboxylic acids is 1. The van der Waals surface area contributed by atoms with Crippen LogP contribution in [0.3, 0.4) is 0 Å². The standard InChI is InChI=1S/C11H15ClN4O/c1-15-4-6-16(7-5-15)11(17)10-8(12)2-3-9(13)14-10/h2-3H,4-7H2,1H3,(H2,13,14). The largest absolute Gasteiger partial charge is 0.384 e. The van der Waals surface area contributed by atoms with Gasteiger partial charge in [-0.2, -0.15) is 0 Å². The summed E-state index contributed by atoms with van der Waals surface area (Å²) in [6.07, 6.45) is 0. The van der Waals surface area contributed by atoms with E-state index in [1.165, 1.54) is 0 Å². The van der Waals surface area contributed by atoms with Gasteiger partial charge in [0.25, 0.3) is 5.91 Å². The van der Waals surface area contributed by atoms with Crippen molar-refractivity contribution in [3.63, 3.8) is 0 Å². The Morgan fingerprint density at radius 2 is 2.00 bits per heavy atom. The number of rotatable bonds is 1. The predicted molar refractivity (Wildman–Crippen MR) is 67.1 cm³/mol. The zero-order chi connectivity index (χ0) is 12.4. The van der Waals surface area contributed by atoms with Crippen LogP contribution in [-0.2, 0) is 0 Å². The van der Waals surface area contributed by atoms with E-state index in [9.17, 15) is 4.79 Å². The molecule has 17 heavy (non-hydrogen) atoms. The molecule has 0 aromatic carbocycles. The van der Waals surface area contributed by atoms with Crippen LogP contribution in [0.25, 0.3) is 0 Å². The summed E-state index contributed by atoms with van der Waals surface area (Å²) in [5.41, 5.74) is 5.81. The van der Waals surface area contributed by atoms with E-state index in [4.69, 9.17) is 17.3 Å². The molecule has 0 radical (unpaired) electrons. The highest BCUT2D eigenvalue weighted by Gasteiger charge is 2.23. The van der Waals surface area contributed by atoms with Crippen molar-refractivity contribution in [1.29, 1.82) is 0 Å². The summed E-state index contributed by atoms with van der Waals surface area (Å²) in [5.74, 6) is 0.169. The van der Waals surface area contributed by atoms with Gasteiger partial charge >= 0.3 is 0 Å². The normalized spacial score (nSPS) is 17.2. The fourth-order valence-corrected chi connectivity index (χ4v) is 1.95. The van der Waals surface area contributed by atoms with Crippen LogP contribution in [0.1, 0.15) is 10.5 Å². The van der Waals surface area contributed by atoms with E-state index in [0.717, 1.165) is 13.1 Å². The summed E-state index contributed by atoms with van der Waals surface area (Å²) in [5, 5.41) is 0.350. The van der Waals surface area contributed by atoms with Crippen molar-refractivity contribution in [3.8, 4) is 0 Å². The number of carbonyl (C=O) groups is 1. The van der Waals surface area contributed by atoms with Gasteiger partial charge in [-0.05, 0) is 19.2 Å². The molecule has 0 aliphatic carbocycles. The topological polar surface area (TPSA) is 62.5 Å². The summed E-state index contributed by atoms with van der Waals surface area (Å²) in [6.45, 7) is 3.13. The molecule has 2 rings (SSSR count). The maximum absolute atomic E-state index is 12.2. The smallest absolute Gasteiger partial charge is 0.274 e. The van der Waals surface area contributed by atoms with Crippen LogP contribution in [-0.4, -0.2) is 53.9 Å². The maximum atomic E-state index is 12.2. The van der Waals surface area contributed by atoms with Gasteiger partial charge in [0.05, 0.1) is 5.02 Å². The van der Waals surface area contributed by atoms with Crippen molar-refractivity contribution >= 4 is 23.3 Å². The van der Waals surface area contributed by atoms with E-state index in [-0.39, 0.29) is 11.6 Å². The molecule has 1 aliphatic rings. The van der Waals surface area contributed by atoms with E-state index < -0.39 is 0 Å². The average Bonchev–Trinajstić information content (AvgIpc) is 2.32. The molecular formula is C11H15ClN4O. The predicted octanol–water partition coefficient (Wildman–Crippen LogP) is 0.705. The van der Waals surface area contributed by atoms with E-state index in [2.05, 4.69) is 9.88 Å². The van der Waals surface area contributed by atoms with Crippen LogP contribution >= 0.6 is 11.6 Å². The van der Waals surface area contributed by atoms with Gasteiger partial charge in [-0.1, -0.05) is 11.6 Å². The Labute approximate surface area is 105 Å². The summed E-state index contributed by atoms with van der Waals surface area (Å²) in [7, 11) is 2.04. The number of amides is 1. The molecule has 0 unspecified atom stereocenters. The van der Waals surface area contributed by atoms with Gasteiger partial charge in [0.15, 0.2) is 0 Å². The number of nitrogen functional groups attached to an aromatic ring is 1. The molecule has 92 valence electrons. The van der Waals surface area contributed by atoms with Crippen LogP contribution in [0, 0.1) is 0 Å². The van der Waals surface area contributed by atoms with Crippen molar-refractivity contribution in [1.82, 2.24) is 14.8 Å². The van der Waals surface area contributed by atoms with Crippen LogP contribution in [0.2, 0.25) is 5.02 Å². The highest BCUT2D eigenvalue weighted by atomic mass is 35.5. The van der Waals surface area contributed by atoms with Gasteiger partial charge in [0, 0.05) is 26.2 Å². The molecule has 1 aromatic rings. The number of likely N-dealkylation sites (N-methyl/N-ethyl adjacent to an activating group) is 1. The third kappa shape index (κ3) is 2.68. The van der Waals surface area contributed by atoms with Gasteiger partial charge in [-0.3, -0.25) is 4.79 Å². The number of anilines is 1. The first-order chi connectivity index (χ1) is 8.08. The first-order valence-corrected chi connectivity index (χ1v) is 5.85. The summed E-state index contributed by atoms with van der Waals surface area (Å²) < 4.78 is 0. The molecule has 1 amide bonds. The van der Waals surface area contributed by atoms with E-state index in [1.807, 2.05) is 7.05 Å². The summed E-state index contributed by atoms with van der Waals surface area (Å²) in [4.78, 5) is 20.1. The molecule has 1 aromatic heterocycles. The van der Waals surface area contributed by atoms with Gasteiger partial charge in [-0.15, -0.1) is 0 Å². The Morgan fingerprint density at radius 1 is 1.35 bits per heavy atom. The summed E-state index contributed by atoms with van der Waals surface area (Å²) in [6, 6.07) is 3.19. The molecule has 0 spiro atoms. The number of piperazine rings is 1. The third-order valence-electron chi connectivity index (χ3n) is 2.86. The van der Waals surface area contributed by atoms with Crippen LogP contribution in [0.15, 0.2) is 12.1 Å². The lowest BCUT2D eigenvalue weighted by molar-refractivity contribution is 0.0658. The van der Waals surface area contributed by atoms with Crippen LogP contribution in [0.5, 0.6) is 0 Å². The Balaban J connectivity index is 2.16. The minimum Gasteiger partial charge on any atom is -0.384 e. The van der Waals surface area contributed by atoms with Crippen molar-refractivity contribution in [2.75, 3.05) is 39.0 Å². The Kier molecular flexibility index (Phi) is 3.49. The second-order valence-electron chi connectivity index (χ2n) is 4.16. The monoisotopic (exact) mass is 254 g/mol. The highest BCUT2D eigenvalue weighted by molar-refractivity contribution is 6.33. The van der Waals surface area contributed by atoms with E-state index in [0.29, 0.717) is 23.9 Å². The number of hydrogen-bond acceptors (Lipinski definition) is 4. The third-order valence-corrected chi connectivity index (χ3v) is 3.17. The van der Waals surface area contributed by atoms with Gasteiger partial charge in [0.2, 0.25) is 0 Å². The van der Waals surface area contributed by atoms with Crippen molar-refractivity contribution in [3.05, 3.63) is 22.8 Å². The lowest BCUT2D eigenvalue weighted by Gasteiger charge is -2.32. The lowest BCUT2D eigenvalue weighted by atomic mass is 10.2. The van der Waals surface area contributed by atoms with Gasteiger partial charge in [-0.25, -0.2) is 4.98 Å². The minimum absolute atomic E-state index is 0.143. The van der Waals surface area contributed by atoms with Crippen molar-refractivity contribution in [2.45, 2.75) is 0 Å². The van der Waals surface area contributed by atoms with Crippen LogP contribution < -0.4 is 5.73 Å². The molecule has 2 N–H and O–H groups in total. The average molecular weight is 255 g/mol. The molecule has 6 heteroatoms. The molecular weight excluding hydrogens is 240 g/mol. The van der Waals surface area contributed by atoms with Gasteiger partial charge in [0.1, 0.15) is 11.5 Å².